The molecule has 2 rings (SSSR count). The Morgan fingerprint density at radius 1 is 1.30 bits per heavy atom. The van der Waals surface area contributed by atoms with Crippen LogP contribution in [-0.2, 0) is 16.0 Å². The maximum Gasteiger partial charge on any atom is 0.407 e. The molecule has 0 aliphatic carbocycles. The van der Waals surface area contributed by atoms with Crippen LogP contribution in [0.15, 0.2) is 30.8 Å². The number of alkyl carbamates (subject to hydrolysis) is 1. The molecule has 0 radical (unpaired) electrons. The Labute approximate surface area is 137 Å². The summed E-state index contributed by atoms with van der Waals surface area (Å²) in [5, 5.41) is 2.77. The van der Waals surface area contributed by atoms with Crippen LogP contribution in [0.2, 0.25) is 0 Å². The smallest absolute Gasteiger partial charge is 0.407 e. The molecule has 0 aromatic heterocycles. The van der Waals surface area contributed by atoms with Crippen LogP contribution in [0.5, 0.6) is 0 Å². The van der Waals surface area contributed by atoms with E-state index in [1.165, 1.54) is 0 Å². The summed E-state index contributed by atoms with van der Waals surface area (Å²) in [6.07, 6.45) is 1.71. The highest BCUT2D eigenvalue weighted by molar-refractivity contribution is 5.80. The summed E-state index contributed by atoms with van der Waals surface area (Å²) >= 11 is 0. The number of likely N-dealkylation sites (tertiary alicyclic amines) is 1. The maximum absolute atomic E-state index is 12.2. The standard InChI is InChI=1S/C18H24N2O3/c1-5-13-6-8-14(9-7-13)10-16(21)20-11-15(12-20)19-17(22)23-18(2,3)4/h5-9,15H,1,10-12H2,2-4H3,(H,19,22). The lowest BCUT2D eigenvalue weighted by Gasteiger charge is -2.39. The molecule has 1 fully saturated rings. The minimum atomic E-state index is -0.513. The molecule has 0 atom stereocenters. The Hall–Kier alpha value is -2.30. The molecule has 1 aromatic rings. The zero-order valence-electron chi connectivity index (χ0n) is 14.0. The second-order valence-corrected chi connectivity index (χ2v) is 6.76. The quantitative estimate of drug-likeness (QED) is 0.929. The van der Waals surface area contributed by atoms with Gasteiger partial charge in [0.15, 0.2) is 0 Å². The maximum atomic E-state index is 12.2. The van der Waals surface area contributed by atoms with Crippen molar-refractivity contribution in [2.75, 3.05) is 13.1 Å². The van der Waals surface area contributed by atoms with Gasteiger partial charge in [0.25, 0.3) is 0 Å². The molecule has 1 aliphatic heterocycles. The lowest BCUT2D eigenvalue weighted by molar-refractivity contribution is -0.135. The van der Waals surface area contributed by atoms with E-state index in [1.807, 2.05) is 45.0 Å². The Bertz CT molecular complexity index is 581. The fourth-order valence-corrected chi connectivity index (χ4v) is 2.31. The average molecular weight is 316 g/mol. The molecular weight excluding hydrogens is 292 g/mol. The number of carbonyl (C=O) groups excluding carboxylic acids is 2. The van der Waals surface area contributed by atoms with E-state index < -0.39 is 11.7 Å². The van der Waals surface area contributed by atoms with Crippen LogP contribution in [0.4, 0.5) is 4.79 Å². The van der Waals surface area contributed by atoms with Crippen LogP contribution >= 0.6 is 0 Å². The third-order valence-electron chi connectivity index (χ3n) is 3.53. The Morgan fingerprint density at radius 3 is 2.43 bits per heavy atom. The second-order valence-electron chi connectivity index (χ2n) is 6.76. The van der Waals surface area contributed by atoms with Crippen LogP contribution in [0, 0.1) is 0 Å². The minimum Gasteiger partial charge on any atom is -0.444 e. The van der Waals surface area contributed by atoms with Gasteiger partial charge in [0, 0.05) is 13.1 Å². The van der Waals surface area contributed by atoms with Crippen molar-refractivity contribution in [1.29, 1.82) is 0 Å². The minimum absolute atomic E-state index is 0.0306. The number of nitrogens with one attached hydrogen (secondary N) is 1. The number of hydrogen-bond donors (Lipinski definition) is 1. The van der Waals surface area contributed by atoms with Gasteiger partial charge >= 0.3 is 6.09 Å². The first-order valence-electron chi connectivity index (χ1n) is 7.75. The highest BCUT2D eigenvalue weighted by Gasteiger charge is 2.32. The lowest BCUT2D eigenvalue weighted by Crippen LogP contribution is -2.61. The summed E-state index contributed by atoms with van der Waals surface area (Å²) in [5.41, 5.74) is 1.50. The van der Waals surface area contributed by atoms with Crippen LogP contribution in [0.3, 0.4) is 0 Å². The fourth-order valence-electron chi connectivity index (χ4n) is 2.31. The first-order valence-corrected chi connectivity index (χ1v) is 7.75. The van der Waals surface area contributed by atoms with Gasteiger partial charge in [-0.05, 0) is 31.9 Å². The van der Waals surface area contributed by atoms with E-state index in [4.69, 9.17) is 4.74 Å². The van der Waals surface area contributed by atoms with Gasteiger partial charge in [-0.25, -0.2) is 4.79 Å². The van der Waals surface area contributed by atoms with Gasteiger partial charge in [0.1, 0.15) is 5.60 Å². The van der Waals surface area contributed by atoms with Crippen LogP contribution in [-0.4, -0.2) is 41.6 Å². The van der Waals surface area contributed by atoms with E-state index in [9.17, 15) is 9.59 Å². The lowest BCUT2D eigenvalue weighted by atomic mass is 10.0. The van der Waals surface area contributed by atoms with Gasteiger partial charge in [-0.1, -0.05) is 36.9 Å². The number of carbonyl (C=O) groups is 2. The number of amides is 2. The number of nitrogens with zero attached hydrogens (tertiary/aromatic N) is 1. The molecule has 0 bridgehead atoms. The van der Waals surface area contributed by atoms with Gasteiger partial charge in [0.2, 0.25) is 5.91 Å². The van der Waals surface area contributed by atoms with E-state index in [1.54, 1.807) is 11.0 Å². The van der Waals surface area contributed by atoms with E-state index in [0.717, 1.165) is 11.1 Å². The molecule has 5 nitrogen and oxygen atoms in total. The van der Waals surface area contributed by atoms with Gasteiger partial charge in [0.05, 0.1) is 12.5 Å². The van der Waals surface area contributed by atoms with Crippen molar-refractivity contribution in [2.45, 2.75) is 38.8 Å². The highest BCUT2D eigenvalue weighted by atomic mass is 16.6. The molecule has 0 unspecified atom stereocenters. The number of ether oxygens (including phenoxy) is 1. The molecule has 5 heteroatoms. The third kappa shape index (κ3) is 5.13. The molecule has 1 aliphatic rings. The molecular formula is C18H24N2O3. The Kier molecular flexibility index (Phi) is 5.08. The van der Waals surface area contributed by atoms with E-state index in [0.29, 0.717) is 19.5 Å². The topological polar surface area (TPSA) is 58.6 Å². The zero-order chi connectivity index (χ0) is 17.0. The second kappa shape index (κ2) is 6.86. The van der Waals surface area contributed by atoms with Crippen LogP contribution in [0.1, 0.15) is 31.9 Å². The molecule has 1 N–H and O–H groups in total. The highest BCUT2D eigenvalue weighted by Crippen LogP contribution is 2.14. The molecule has 1 saturated heterocycles. The third-order valence-corrected chi connectivity index (χ3v) is 3.53. The van der Waals surface area contributed by atoms with Crippen molar-refractivity contribution in [3.63, 3.8) is 0 Å². The summed E-state index contributed by atoms with van der Waals surface area (Å²) in [7, 11) is 0. The predicted octanol–water partition coefficient (Wildman–Crippen LogP) is 2.61. The number of benzene rings is 1. The van der Waals surface area contributed by atoms with Crippen molar-refractivity contribution in [3.8, 4) is 0 Å². The molecule has 1 heterocycles. The number of hydrogen-bond acceptors (Lipinski definition) is 3. The normalized spacial score (nSPS) is 14.8. The molecule has 1 aromatic carbocycles. The summed E-state index contributed by atoms with van der Waals surface area (Å²) in [4.78, 5) is 25.6. The Balaban J connectivity index is 1.74. The largest absolute Gasteiger partial charge is 0.444 e. The SMILES string of the molecule is C=Cc1ccc(CC(=O)N2CC(NC(=O)OC(C)(C)C)C2)cc1. The first-order chi connectivity index (χ1) is 10.8. The van der Waals surface area contributed by atoms with Crippen molar-refractivity contribution in [3.05, 3.63) is 42.0 Å². The van der Waals surface area contributed by atoms with E-state index in [-0.39, 0.29) is 11.9 Å². The molecule has 2 amide bonds. The number of rotatable bonds is 4. The summed E-state index contributed by atoms with van der Waals surface area (Å²) in [6.45, 7) is 10.2. The first kappa shape index (κ1) is 17.1. The zero-order valence-corrected chi connectivity index (χ0v) is 14.0. The van der Waals surface area contributed by atoms with Gasteiger partial charge in [-0.15, -0.1) is 0 Å². The van der Waals surface area contributed by atoms with E-state index in [2.05, 4.69) is 11.9 Å². The molecule has 0 saturated carbocycles. The predicted molar refractivity (Wildman–Crippen MR) is 90.0 cm³/mol. The average Bonchev–Trinajstić information content (AvgIpc) is 2.41. The van der Waals surface area contributed by atoms with Gasteiger partial charge in [-0.3, -0.25) is 4.79 Å². The molecule has 0 spiro atoms. The Morgan fingerprint density at radius 2 is 1.91 bits per heavy atom. The van der Waals surface area contributed by atoms with Crippen LogP contribution < -0.4 is 5.32 Å². The molecule has 124 valence electrons. The van der Waals surface area contributed by atoms with Crippen molar-refractivity contribution < 1.29 is 14.3 Å². The monoisotopic (exact) mass is 316 g/mol. The summed E-state index contributed by atoms with van der Waals surface area (Å²) in [6, 6.07) is 7.73. The van der Waals surface area contributed by atoms with Gasteiger partial charge in [-0.2, -0.15) is 0 Å². The van der Waals surface area contributed by atoms with Crippen molar-refractivity contribution >= 4 is 18.1 Å². The van der Waals surface area contributed by atoms with Crippen molar-refractivity contribution in [2.24, 2.45) is 0 Å². The fraction of sp³-hybridized carbons (Fsp3) is 0.444. The van der Waals surface area contributed by atoms with E-state index >= 15 is 0 Å². The summed E-state index contributed by atoms with van der Waals surface area (Å²) in [5.74, 6) is 0.0681. The van der Waals surface area contributed by atoms with Crippen LogP contribution in [0.25, 0.3) is 6.08 Å². The summed E-state index contributed by atoms with van der Waals surface area (Å²) < 4.78 is 5.20. The molecule has 23 heavy (non-hydrogen) atoms. The van der Waals surface area contributed by atoms with Crippen molar-refractivity contribution in [1.82, 2.24) is 10.2 Å². The van der Waals surface area contributed by atoms with Gasteiger partial charge < -0.3 is 15.0 Å².